The molecule has 0 saturated heterocycles. The van der Waals surface area contributed by atoms with Crippen molar-refractivity contribution in [3.8, 4) is 5.69 Å². The van der Waals surface area contributed by atoms with Gasteiger partial charge in [-0.25, -0.2) is 9.67 Å². The number of nitrogens with zero attached hydrogens (tertiary/aromatic N) is 3. The van der Waals surface area contributed by atoms with Gasteiger partial charge in [0.15, 0.2) is 0 Å². The van der Waals surface area contributed by atoms with Crippen LogP contribution in [0.4, 0.5) is 0 Å². The van der Waals surface area contributed by atoms with Crippen LogP contribution in [-0.4, -0.2) is 20.6 Å². The van der Waals surface area contributed by atoms with Crippen LogP contribution in [0.2, 0.25) is 0 Å². The lowest BCUT2D eigenvalue weighted by molar-refractivity contribution is 0.879. The third-order valence-corrected chi connectivity index (χ3v) is 1.86. The van der Waals surface area contributed by atoms with Gasteiger partial charge in [-0.1, -0.05) is 0 Å². The van der Waals surface area contributed by atoms with Crippen LogP contribution in [0, 0.1) is 5.41 Å². The standard InChI is InChI=1S/C9H9N5/c10-9(11)7-1-3-8(4-2-7)14-6-12-5-13-14/h1-6H,(H3,10,11). The average molecular weight is 187 g/mol. The van der Waals surface area contributed by atoms with Gasteiger partial charge < -0.3 is 5.73 Å². The lowest BCUT2D eigenvalue weighted by Gasteiger charge is -2.01. The van der Waals surface area contributed by atoms with E-state index < -0.39 is 0 Å². The van der Waals surface area contributed by atoms with Gasteiger partial charge >= 0.3 is 0 Å². The van der Waals surface area contributed by atoms with Crippen molar-refractivity contribution < 1.29 is 0 Å². The minimum absolute atomic E-state index is 0.0649. The van der Waals surface area contributed by atoms with Crippen LogP contribution in [0.3, 0.4) is 0 Å². The number of hydrogen-bond acceptors (Lipinski definition) is 3. The Balaban J connectivity index is 2.36. The van der Waals surface area contributed by atoms with Crippen LogP contribution in [-0.2, 0) is 0 Å². The summed E-state index contributed by atoms with van der Waals surface area (Å²) in [5.41, 5.74) is 6.93. The van der Waals surface area contributed by atoms with Gasteiger partial charge in [0, 0.05) is 5.56 Å². The van der Waals surface area contributed by atoms with Crippen molar-refractivity contribution in [1.29, 1.82) is 5.41 Å². The average Bonchev–Trinajstić information content (AvgIpc) is 2.71. The molecular formula is C9H9N5. The summed E-state index contributed by atoms with van der Waals surface area (Å²) in [6.07, 6.45) is 3.08. The first-order valence-electron chi connectivity index (χ1n) is 4.07. The summed E-state index contributed by atoms with van der Waals surface area (Å²) in [6, 6.07) is 7.23. The zero-order valence-electron chi connectivity index (χ0n) is 7.38. The van der Waals surface area contributed by atoms with Crippen LogP contribution < -0.4 is 5.73 Å². The maximum atomic E-state index is 7.22. The normalized spacial score (nSPS) is 10.0. The summed E-state index contributed by atoms with van der Waals surface area (Å²) < 4.78 is 1.64. The topological polar surface area (TPSA) is 80.6 Å². The summed E-state index contributed by atoms with van der Waals surface area (Å²) in [4.78, 5) is 3.84. The summed E-state index contributed by atoms with van der Waals surface area (Å²) in [7, 11) is 0. The van der Waals surface area contributed by atoms with Crippen LogP contribution in [0.15, 0.2) is 36.9 Å². The molecule has 0 aliphatic carbocycles. The summed E-state index contributed by atoms with van der Waals surface area (Å²) in [5, 5.41) is 11.2. The second-order valence-corrected chi connectivity index (χ2v) is 2.80. The molecule has 0 saturated carbocycles. The first-order valence-corrected chi connectivity index (χ1v) is 4.07. The van der Waals surface area contributed by atoms with E-state index >= 15 is 0 Å². The van der Waals surface area contributed by atoms with Gasteiger partial charge in [0.25, 0.3) is 0 Å². The molecule has 0 amide bonds. The third-order valence-electron chi connectivity index (χ3n) is 1.86. The molecule has 2 aromatic rings. The Bertz CT molecular complexity index is 429. The van der Waals surface area contributed by atoms with E-state index in [0.717, 1.165) is 5.69 Å². The van der Waals surface area contributed by atoms with E-state index in [0.29, 0.717) is 5.56 Å². The molecule has 3 N–H and O–H groups in total. The molecule has 1 aromatic heterocycles. The predicted octanol–water partition coefficient (Wildman–Crippen LogP) is 0.551. The van der Waals surface area contributed by atoms with E-state index in [1.165, 1.54) is 6.33 Å². The van der Waals surface area contributed by atoms with E-state index in [9.17, 15) is 0 Å². The van der Waals surface area contributed by atoms with E-state index in [2.05, 4.69) is 10.1 Å². The Morgan fingerprint density at radius 2 is 2.00 bits per heavy atom. The van der Waals surface area contributed by atoms with Crippen molar-refractivity contribution >= 4 is 5.84 Å². The molecule has 0 aliphatic heterocycles. The van der Waals surface area contributed by atoms with Gasteiger partial charge in [-0.2, -0.15) is 5.10 Å². The molecule has 0 radical (unpaired) electrons. The lowest BCUT2D eigenvalue weighted by Crippen LogP contribution is -2.10. The van der Waals surface area contributed by atoms with Gasteiger partial charge in [-0.3, -0.25) is 5.41 Å². The van der Waals surface area contributed by atoms with Gasteiger partial charge in [0.2, 0.25) is 0 Å². The molecule has 2 rings (SSSR count). The zero-order chi connectivity index (χ0) is 9.97. The third kappa shape index (κ3) is 1.47. The smallest absolute Gasteiger partial charge is 0.138 e. The number of aromatic nitrogens is 3. The molecule has 1 aromatic carbocycles. The highest BCUT2D eigenvalue weighted by atomic mass is 15.3. The molecule has 0 aliphatic rings. The maximum Gasteiger partial charge on any atom is 0.138 e. The molecule has 0 atom stereocenters. The number of nitrogen functional groups attached to an aromatic ring is 1. The highest BCUT2D eigenvalue weighted by molar-refractivity contribution is 5.95. The highest BCUT2D eigenvalue weighted by Gasteiger charge is 1.98. The number of amidine groups is 1. The summed E-state index contributed by atoms with van der Waals surface area (Å²) in [5.74, 6) is 0.0649. The van der Waals surface area contributed by atoms with Crippen molar-refractivity contribution in [1.82, 2.24) is 14.8 Å². The highest BCUT2D eigenvalue weighted by Crippen LogP contribution is 2.06. The Kier molecular flexibility index (Phi) is 1.98. The lowest BCUT2D eigenvalue weighted by atomic mass is 10.2. The molecule has 5 heteroatoms. The van der Waals surface area contributed by atoms with Gasteiger partial charge in [0.05, 0.1) is 5.69 Å². The van der Waals surface area contributed by atoms with E-state index in [4.69, 9.17) is 11.1 Å². The molecule has 14 heavy (non-hydrogen) atoms. The Morgan fingerprint density at radius 1 is 1.29 bits per heavy atom. The molecule has 0 fully saturated rings. The summed E-state index contributed by atoms with van der Waals surface area (Å²) >= 11 is 0. The minimum atomic E-state index is 0.0649. The first-order chi connectivity index (χ1) is 6.77. The maximum absolute atomic E-state index is 7.22. The quantitative estimate of drug-likeness (QED) is 0.532. The summed E-state index contributed by atoms with van der Waals surface area (Å²) in [6.45, 7) is 0. The fraction of sp³-hybridized carbons (Fsp3) is 0. The predicted molar refractivity (Wildman–Crippen MR) is 52.4 cm³/mol. The van der Waals surface area contributed by atoms with Crippen LogP contribution in [0.5, 0.6) is 0 Å². The fourth-order valence-electron chi connectivity index (χ4n) is 1.14. The van der Waals surface area contributed by atoms with E-state index in [1.807, 2.05) is 12.1 Å². The number of nitrogens with one attached hydrogen (secondary N) is 1. The number of rotatable bonds is 2. The van der Waals surface area contributed by atoms with E-state index in [1.54, 1.807) is 23.1 Å². The molecular weight excluding hydrogens is 178 g/mol. The molecule has 5 nitrogen and oxygen atoms in total. The SMILES string of the molecule is N=C(N)c1ccc(-n2cncn2)cc1. The van der Waals surface area contributed by atoms with Gasteiger partial charge in [0.1, 0.15) is 18.5 Å². The number of hydrogen-bond donors (Lipinski definition) is 2. The number of benzene rings is 1. The number of nitrogens with two attached hydrogens (primary N) is 1. The van der Waals surface area contributed by atoms with Crippen molar-refractivity contribution in [2.75, 3.05) is 0 Å². The van der Waals surface area contributed by atoms with Crippen LogP contribution >= 0.6 is 0 Å². The van der Waals surface area contributed by atoms with Crippen molar-refractivity contribution in [2.24, 2.45) is 5.73 Å². The molecule has 0 bridgehead atoms. The van der Waals surface area contributed by atoms with Crippen LogP contribution in [0.25, 0.3) is 5.69 Å². The fourth-order valence-corrected chi connectivity index (χ4v) is 1.14. The zero-order valence-corrected chi connectivity index (χ0v) is 7.38. The van der Waals surface area contributed by atoms with Crippen molar-refractivity contribution in [2.45, 2.75) is 0 Å². The molecule has 0 unspecified atom stereocenters. The van der Waals surface area contributed by atoms with Crippen LogP contribution in [0.1, 0.15) is 5.56 Å². The van der Waals surface area contributed by atoms with Gasteiger partial charge in [-0.05, 0) is 24.3 Å². The Hall–Kier alpha value is -2.17. The molecule has 0 spiro atoms. The molecule has 1 heterocycles. The van der Waals surface area contributed by atoms with Crippen molar-refractivity contribution in [3.05, 3.63) is 42.5 Å². The monoisotopic (exact) mass is 187 g/mol. The van der Waals surface area contributed by atoms with E-state index in [-0.39, 0.29) is 5.84 Å². The largest absolute Gasteiger partial charge is 0.384 e. The van der Waals surface area contributed by atoms with Crippen molar-refractivity contribution in [3.63, 3.8) is 0 Å². The second kappa shape index (κ2) is 3.29. The van der Waals surface area contributed by atoms with Gasteiger partial charge in [-0.15, -0.1) is 0 Å². The first kappa shape index (κ1) is 8.43. The minimum Gasteiger partial charge on any atom is -0.384 e. The second-order valence-electron chi connectivity index (χ2n) is 2.80. The molecule has 70 valence electrons. The Morgan fingerprint density at radius 3 is 2.50 bits per heavy atom. The Labute approximate surface area is 80.7 Å².